The van der Waals surface area contributed by atoms with Crippen molar-refractivity contribution < 1.29 is 9.90 Å². The van der Waals surface area contributed by atoms with Crippen LogP contribution in [0.5, 0.6) is 0 Å². The van der Waals surface area contributed by atoms with Gasteiger partial charge in [-0.25, -0.2) is 9.78 Å². The first kappa shape index (κ1) is 12.7. The quantitative estimate of drug-likeness (QED) is 0.748. The van der Waals surface area contributed by atoms with E-state index in [2.05, 4.69) is 11.1 Å². The first-order valence-corrected chi connectivity index (χ1v) is 7.27. The second-order valence-corrected chi connectivity index (χ2v) is 5.17. The number of aromatic nitrogens is 2. The number of carboxylic acids is 1. The van der Waals surface area contributed by atoms with Crippen LogP contribution in [0.2, 0.25) is 0 Å². The average Bonchev–Trinajstić information content (AvgIpc) is 2.91. The van der Waals surface area contributed by atoms with E-state index in [4.69, 9.17) is 0 Å². The van der Waals surface area contributed by atoms with Crippen LogP contribution in [0.1, 0.15) is 10.4 Å². The smallest absolute Gasteiger partial charge is 0.337 e. The number of rotatable bonds is 3. The highest BCUT2D eigenvalue weighted by Gasteiger charge is 2.13. The van der Waals surface area contributed by atoms with Gasteiger partial charge in [0.05, 0.1) is 11.1 Å². The van der Waals surface area contributed by atoms with E-state index in [0.717, 1.165) is 16.1 Å². The Bertz CT molecular complexity index is 795. The van der Waals surface area contributed by atoms with Crippen molar-refractivity contribution in [3.8, 4) is 5.69 Å². The number of aromatic carboxylic acids is 1. The molecule has 3 rings (SSSR count). The molecule has 0 atom stereocenters. The number of thioether (sulfide) groups is 1. The maximum atomic E-state index is 11.2. The van der Waals surface area contributed by atoms with Crippen LogP contribution in [0.4, 0.5) is 0 Å². The first-order chi connectivity index (χ1) is 9.70. The fourth-order valence-electron chi connectivity index (χ4n) is 2.18. The van der Waals surface area contributed by atoms with Crippen molar-refractivity contribution in [1.29, 1.82) is 0 Å². The molecule has 20 heavy (non-hydrogen) atoms. The molecule has 2 aromatic carbocycles. The van der Waals surface area contributed by atoms with Gasteiger partial charge in [-0.2, -0.15) is 0 Å². The summed E-state index contributed by atoms with van der Waals surface area (Å²) < 4.78 is 1.90. The van der Waals surface area contributed by atoms with Gasteiger partial charge in [-0.1, -0.05) is 12.1 Å². The maximum absolute atomic E-state index is 11.2. The molecular weight excluding hydrogens is 272 g/mol. The van der Waals surface area contributed by atoms with Gasteiger partial charge in [0.1, 0.15) is 11.8 Å². The molecule has 0 saturated heterocycles. The van der Waals surface area contributed by atoms with Crippen LogP contribution in [-0.4, -0.2) is 26.9 Å². The maximum Gasteiger partial charge on any atom is 0.337 e. The average molecular weight is 284 g/mol. The summed E-state index contributed by atoms with van der Waals surface area (Å²) in [7, 11) is 0. The summed E-state index contributed by atoms with van der Waals surface area (Å²) in [5.41, 5.74) is 2.50. The van der Waals surface area contributed by atoms with Gasteiger partial charge in [0, 0.05) is 10.6 Å². The van der Waals surface area contributed by atoms with Gasteiger partial charge >= 0.3 is 5.97 Å². The molecule has 0 unspecified atom stereocenters. The third-order valence-electron chi connectivity index (χ3n) is 3.14. The lowest BCUT2D eigenvalue weighted by atomic mass is 10.2. The molecule has 1 N–H and O–H groups in total. The summed E-state index contributed by atoms with van der Waals surface area (Å²) in [6.45, 7) is 0. The van der Waals surface area contributed by atoms with Crippen LogP contribution in [0.25, 0.3) is 16.7 Å². The van der Waals surface area contributed by atoms with E-state index >= 15 is 0 Å². The second-order valence-electron chi connectivity index (χ2n) is 4.29. The van der Waals surface area contributed by atoms with Crippen LogP contribution in [0.15, 0.2) is 53.7 Å². The molecule has 3 aromatic rings. The van der Waals surface area contributed by atoms with E-state index in [1.165, 1.54) is 0 Å². The fourth-order valence-corrected chi connectivity index (χ4v) is 2.63. The molecule has 0 aliphatic rings. The lowest BCUT2D eigenvalue weighted by Crippen LogP contribution is -1.98. The Labute approximate surface area is 120 Å². The Kier molecular flexibility index (Phi) is 3.20. The molecule has 5 heteroatoms. The van der Waals surface area contributed by atoms with E-state index < -0.39 is 5.97 Å². The second kappa shape index (κ2) is 5.02. The van der Waals surface area contributed by atoms with Crippen LogP contribution in [-0.2, 0) is 0 Å². The molecule has 1 aromatic heterocycles. The SMILES string of the molecule is CSc1cccc(-n2cnc3c(C(=O)O)cccc32)c1. The number of benzene rings is 2. The Balaban J connectivity index is 2.22. The van der Waals surface area contributed by atoms with Gasteiger partial charge in [0.25, 0.3) is 0 Å². The normalized spacial score (nSPS) is 10.8. The Hall–Kier alpha value is -2.27. The number of para-hydroxylation sites is 1. The van der Waals surface area contributed by atoms with Crippen molar-refractivity contribution in [3.63, 3.8) is 0 Å². The van der Waals surface area contributed by atoms with Crippen molar-refractivity contribution in [1.82, 2.24) is 9.55 Å². The van der Waals surface area contributed by atoms with Crippen molar-refractivity contribution in [2.75, 3.05) is 6.26 Å². The van der Waals surface area contributed by atoms with Gasteiger partial charge in [-0.05, 0) is 36.6 Å². The largest absolute Gasteiger partial charge is 0.478 e. The molecular formula is C15H12N2O2S. The summed E-state index contributed by atoms with van der Waals surface area (Å²) in [6, 6.07) is 13.2. The molecule has 100 valence electrons. The monoisotopic (exact) mass is 284 g/mol. The van der Waals surface area contributed by atoms with Gasteiger partial charge in [-0.3, -0.25) is 4.57 Å². The molecule has 0 saturated carbocycles. The molecule has 0 fully saturated rings. The molecule has 0 aliphatic heterocycles. The lowest BCUT2D eigenvalue weighted by molar-refractivity contribution is 0.0699. The summed E-state index contributed by atoms with van der Waals surface area (Å²) in [5.74, 6) is -0.960. The zero-order valence-electron chi connectivity index (χ0n) is 10.8. The zero-order chi connectivity index (χ0) is 14.1. The van der Waals surface area contributed by atoms with E-state index in [9.17, 15) is 9.90 Å². The Morgan fingerprint density at radius 2 is 2.05 bits per heavy atom. The molecule has 0 radical (unpaired) electrons. The number of fused-ring (bicyclic) bond motifs is 1. The molecule has 4 nitrogen and oxygen atoms in total. The van der Waals surface area contributed by atoms with Crippen LogP contribution < -0.4 is 0 Å². The van der Waals surface area contributed by atoms with Crippen molar-refractivity contribution >= 4 is 28.8 Å². The third kappa shape index (κ3) is 2.06. The summed E-state index contributed by atoms with van der Waals surface area (Å²) >= 11 is 1.67. The van der Waals surface area contributed by atoms with E-state index in [0.29, 0.717) is 5.52 Å². The number of nitrogens with zero attached hydrogens (tertiary/aromatic N) is 2. The van der Waals surface area contributed by atoms with E-state index in [1.807, 2.05) is 35.1 Å². The van der Waals surface area contributed by atoms with Crippen molar-refractivity contribution in [3.05, 3.63) is 54.4 Å². The topological polar surface area (TPSA) is 55.1 Å². The fraction of sp³-hybridized carbons (Fsp3) is 0.0667. The van der Waals surface area contributed by atoms with Crippen LogP contribution >= 0.6 is 11.8 Å². The molecule has 1 heterocycles. The zero-order valence-corrected chi connectivity index (χ0v) is 11.6. The number of carboxylic acid groups (broad SMARTS) is 1. The highest BCUT2D eigenvalue weighted by Crippen LogP contribution is 2.24. The highest BCUT2D eigenvalue weighted by atomic mass is 32.2. The number of hydrogen-bond acceptors (Lipinski definition) is 3. The minimum Gasteiger partial charge on any atom is -0.478 e. The number of hydrogen-bond donors (Lipinski definition) is 1. The van der Waals surface area contributed by atoms with E-state index in [1.54, 1.807) is 30.2 Å². The minimum absolute atomic E-state index is 0.224. The van der Waals surface area contributed by atoms with Crippen LogP contribution in [0, 0.1) is 0 Å². The van der Waals surface area contributed by atoms with Gasteiger partial charge in [0.15, 0.2) is 0 Å². The van der Waals surface area contributed by atoms with Gasteiger partial charge < -0.3 is 5.11 Å². The molecule has 0 amide bonds. The van der Waals surface area contributed by atoms with Crippen molar-refractivity contribution in [2.24, 2.45) is 0 Å². The standard InChI is InChI=1S/C15H12N2O2S/c1-20-11-5-2-4-10(8-11)17-9-16-14-12(15(18)19)6-3-7-13(14)17/h2-9H,1H3,(H,18,19). The highest BCUT2D eigenvalue weighted by molar-refractivity contribution is 7.98. The predicted octanol–water partition coefficient (Wildman–Crippen LogP) is 3.45. The summed E-state index contributed by atoms with van der Waals surface area (Å²) in [4.78, 5) is 16.6. The molecule has 0 spiro atoms. The molecule has 0 bridgehead atoms. The van der Waals surface area contributed by atoms with Crippen LogP contribution in [0.3, 0.4) is 0 Å². The third-order valence-corrected chi connectivity index (χ3v) is 3.86. The minimum atomic E-state index is -0.960. The Morgan fingerprint density at radius 1 is 1.25 bits per heavy atom. The van der Waals surface area contributed by atoms with Crippen molar-refractivity contribution in [2.45, 2.75) is 4.90 Å². The molecule has 0 aliphatic carbocycles. The van der Waals surface area contributed by atoms with Gasteiger partial charge in [-0.15, -0.1) is 11.8 Å². The Morgan fingerprint density at radius 3 is 2.80 bits per heavy atom. The first-order valence-electron chi connectivity index (χ1n) is 6.04. The predicted molar refractivity (Wildman–Crippen MR) is 79.8 cm³/mol. The number of imidazole rings is 1. The lowest BCUT2D eigenvalue weighted by Gasteiger charge is -2.06. The van der Waals surface area contributed by atoms with Gasteiger partial charge in [0.2, 0.25) is 0 Å². The number of carbonyl (C=O) groups is 1. The summed E-state index contributed by atoms with van der Waals surface area (Å²) in [6.07, 6.45) is 3.68. The van der Waals surface area contributed by atoms with E-state index in [-0.39, 0.29) is 5.56 Å². The summed E-state index contributed by atoms with van der Waals surface area (Å²) in [5, 5.41) is 9.19.